The lowest BCUT2D eigenvalue weighted by Gasteiger charge is -2.34. The first-order valence-electron chi connectivity index (χ1n) is 6.89. The molecule has 0 aromatic carbocycles. The van der Waals surface area contributed by atoms with Gasteiger partial charge in [0.05, 0.1) is 3.79 Å². The van der Waals surface area contributed by atoms with Crippen LogP contribution in [-0.4, -0.2) is 31.4 Å². The smallest absolute Gasteiger partial charge is 0.252 e. The van der Waals surface area contributed by atoms with Crippen LogP contribution < -0.4 is 5.73 Å². The van der Waals surface area contributed by atoms with Gasteiger partial charge in [-0.25, -0.2) is 8.42 Å². The highest BCUT2D eigenvalue weighted by atomic mass is 79.9. The molecular weight excluding hydrogens is 360 g/mol. The summed E-state index contributed by atoms with van der Waals surface area (Å²) in [5.41, 5.74) is 6.88. The molecule has 2 N–H and O–H groups in total. The van der Waals surface area contributed by atoms with E-state index in [9.17, 15) is 8.42 Å². The molecule has 1 aliphatic carbocycles. The van der Waals surface area contributed by atoms with Crippen LogP contribution in [0.4, 0.5) is 0 Å². The van der Waals surface area contributed by atoms with Crippen LogP contribution in [0.1, 0.15) is 38.2 Å². The molecule has 1 heterocycles. The van der Waals surface area contributed by atoms with Gasteiger partial charge in [-0.15, -0.1) is 11.3 Å². The summed E-state index contributed by atoms with van der Waals surface area (Å²) in [4.78, 5) is 0. The number of hydrogen-bond donors (Lipinski definition) is 1. The van der Waals surface area contributed by atoms with Crippen molar-refractivity contribution >= 4 is 37.3 Å². The molecule has 0 unspecified atom stereocenters. The quantitative estimate of drug-likeness (QED) is 0.872. The van der Waals surface area contributed by atoms with Crippen molar-refractivity contribution in [3.63, 3.8) is 0 Å². The third-order valence-corrected chi connectivity index (χ3v) is 8.47. The van der Waals surface area contributed by atoms with Crippen molar-refractivity contribution in [3.05, 3.63) is 15.4 Å². The van der Waals surface area contributed by atoms with Crippen LogP contribution in [0.25, 0.3) is 0 Å². The van der Waals surface area contributed by atoms with Crippen molar-refractivity contribution in [2.24, 2.45) is 5.73 Å². The predicted octanol–water partition coefficient (Wildman–Crippen LogP) is 3.10. The molecule has 2 rings (SSSR count). The van der Waals surface area contributed by atoms with Crippen LogP contribution in [0.3, 0.4) is 0 Å². The highest BCUT2D eigenvalue weighted by Crippen LogP contribution is 2.34. The van der Waals surface area contributed by atoms with Crippen molar-refractivity contribution < 1.29 is 8.42 Å². The second kappa shape index (κ2) is 6.44. The van der Waals surface area contributed by atoms with Gasteiger partial charge in [0.25, 0.3) is 10.0 Å². The zero-order valence-corrected chi connectivity index (χ0v) is 15.0. The van der Waals surface area contributed by atoms with Crippen molar-refractivity contribution in [3.8, 4) is 0 Å². The maximum absolute atomic E-state index is 12.8. The summed E-state index contributed by atoms with van der Waals surface area (Å²) in [5.74, 6) is 0. The van der Waals surface area contributed by atoms with Crippen LogP contribution >= 0.6 is 27.3 Å². The molecule has 7 heteroatoms. The summed E-state index contributed by atoms with van der Waals surface area (Å²) in [6.07, 6.45) is 3.53. The SMILES string of the molecule is CCN(C1CCC(N)CC1)S(=O)(=O)c1cc(C)c(Br)s1. The highest BCUT2D eigenvalue weighted by molar-refractivity contribution is 9.11. The average molecular weight is 381 g/mol. The Morgan fingerprint density at radius 1 is 1.40 bits per heavy atom. The van der Waals surface area contributed by atoms with E-state index in [4.69, 9.17) is 5.73 Å². The topological polar surface area (TPSA) is 63.4 Å². The van der Waals surface area contributed by atoms with Crippen LogP contribution in [0.15, 0.2) is 14.1 Å². The van der Waals surface area contributed by atoms with Gasteiger partial charge in [-0.3, -0.25) is 0 Å². The van der Waals surface area contributed by atoms with Crippen LogP contribution in [0.2, 0.25) is 0 Å². The lowest BCUT2D eigenvalue weighted by molar-refractivity contribution is 0.247. The molecule has 0 aliphatic heterocycles. The van der Waals surface area contributed by atoms with E-state index < -0.39 is 10.0 Å². The predicted molar refractivity (Wildman–Crippen MR) is 86.6 cm³/mol. The van der Waals surface area contributed by atoms with E-state index in [1.165, 1.54) is 11.3 Å². The van der Waals surface area contributed by atoms with Crippen molar-refractivity contribution in [2.75, 3.05) is 6.54 Å². The molecule has 0 bridgehead atoms. The van der Waals surface area contributed by atoms with Crippen molar-refractivity contribution in [1.29, 1.82) is 0 Å². The van der Waals surface area contributed by atoms with Crippen LogP contribution in [0.5, 0.6) is 0 Å². The Morgan fingerprint density at radius 2 is 2.00 bits per heavy atom. The minimum atomic E-state index is -3.39. The van der Waals surface area contributed by atoms with Gasteiger partial charge >= 0.3 is 0 Å². The molecule has 1 fully saturated rings. The lowest BCUT2D eigenvalue weighted by atomic mass is 9.92. The molecule has 114 valence electrons. The van der Waals surface area contributed by atoms with E-state index in [1.807, 2.05) is 13.8 Å². The average Bonchev–Trinajstić information content (AvgIpc) is 2.73. The number of aryl methyl sites for hydroxylation is 1. The van der Waals surface area contributed by atoms with Gasteiger partial charge in [-0.1, -0.05) is 6.92 Å². The van der Waals surface area contributed by atoms with Gasteiger partial charge in [-0.2, -0.15) is 4.31 Å². The van der Waals surface area contributed by atoms with Gasteiger partial charge < -0.3 is 5.73 Å². The van der Waals surface area contributed by atoms with E-state index in [0.717, 1.165) is 35.0 Å². The minimum Gasteiger partial charge on any atom is -0.328 e. The maximum atomic E-state index is 12.8. The Bertz CT molecular complexity index is 543. The molecule has 0 amide bonds. The summed E-state index contributed by atoms with van der Waals surface area (Å²) in [5, 5.41) is 0. The minimum absolute atomic E-state index is 0.0889. The molecular formula is C13H21BrN2O2S2. The number of thiophene rings is 1. The largest absolute Gasteiger partial charge is 0.328 e. The van der Waals surface area contributed by atoms with Gasteiger partial charge in [-0.05, 0) is 60.2 Å². The maximum Gasteiger partial charge on any atom is 0.252 e. The standard InChI is InChI=1S/C13H21BrN2O2S2/c1-3-16(11-6-4-10(15)5-7-11)20(17,18)12-8-9(2)13(14)19-12/h8,10-11H,3-7,15H2,1-2H3. The zero-order chi connectivity index (χ0) is 14.9. The molecule has 20 heavy (non-hydrogen) atoms. The molecule has 0 spiro atoms. The number of halogens is 1. The normalized spacial score (nSPS) is 24.2. The third kappa shape index (κ3) is 3.27. The van der Waals surface area contributed by atoms with Crippen molar-refractivity contribution in [2.45, 2.75) is 55.8 Å². The molecule has 0 saturated heterocycles. The number of nitrogens with zero attached hydrogens (tertiary/aromatic N) is 1. The first kappa shape index (κ1) is 16.4. The second-order valence-corrected chi connectivity index (χ2v) is 9.79. The van der Waals surface area contributed by atoms with Gasteiger partial charge in [0.15, 0.2) is 0 Å². The highest BCUT2D eigenvalue weighted by Gasteiger charge is 2.33. The summed E-state index contributed by atoms with van der Waals surface area (Å²) in [7, 11) is -3.39. The molecule has 1 aromatic heterocycles. The second-order valence-electron chi connectivity index (χ2n) is 5.30. The number of rotatable bonds is 4. The lowest BCUT2D eigenvalue weighted by Crippen LogP contribution is -2.43. The third-order valence-electron chi connectivity index (χ3n) is 3.86. The van der Waals surface area contributed by atoms with Gasteiger partial charge in [0.1, 0.15) is 4.21 Å². The fraction of sp³-hybridized carbons (Fsp3) is 0.692. The van der Waals surface area contributed by atoms with E-state index in [1.54, 1.807) is 10.4 Å². The molecule has 4 nitrogen and oxygen atoms in total. The molecule has 0 atom stereocenters. The zero-order valence-electron chi connectivity index (χ0n) is 11.8. The van der Waals surface area contributed by atoms with E-state index >= 15 is 0 Å². The van der Waals surface area contributed by atoms with Crippen molar-refractivity contribution in [1.82, 2.24) is 4.31 Å². The Balaban J connectivity index is 2.25. The fourth-order valence-corrected chi connectivity index (χ4v) is 6.74. The monoisotopic (exact) mass is 380 g/mol. The summed E-state index contributed by atoms with van der Waals surface area (Å²) in [6, 6.07) is 2.07. The fourth-order valence-electron chi connectivity index (χ4n) is 2.69. The molecule has 1 aromatic rings. The van der Waals surface area contributed by atoms with E-state index in [-0.39, 0.29) is 12.1 Å². The number of sulfonamides is 1. The molecule has 0 radical (unpaired) electrons. The molecule has 1 aliphatic rings. The van der Waals surface area contributed by atoms with Crippen LogP contribution in [0, 0.1) is 6.92 Å². The van der Waals surface area contributed by atoms with Gasteiger partial charge in [0.2, 0.25) is 0 Å². The summed E-state index contributed by atoms with van der Waals surface area (Å²) < 4.78 is 28.6. The Hall–Kier alpha value is 0.0500. The summed E-state index contributed by atoms with van der Waals surface area (Å²) >= 11 is 4.69. The van der Waals surface area contributed by atoms with E-state index in [0.29, 0.717) is 10.8 Å². The first-order valence-corrected chi connectivity index (χ1v) is 9.94. The molecule has 1 saturated carbocycles. The number of nitrogens with two attached hydrogens (primary N) is 1. The Kier molecular flexibility index (Phi) is 5.29. The van der Waals surface area contributed by atoms with E-state index in [2.05, 4.69) is 15.9 Å². The first-order chi connectivity index (χ1) is 9.36. The Labute approximate surface area is 133 Å². The van der Waals surface area contributed by atoms with Crippen LogP contribution in [-0.2, 0) is 10.0 Å². The Morgan fingerprint density at radius 3 is 2.45 bits per heavy atom. The number of hydrogen-bond acceptors (Lipinski definition) is 4. The van der Waals surface area contributed by atoms with Gasteiger partial charge in [0, 0.05) is 18.6 Å². The summed E-state index contributed by atoms with van der Waals surface area (Å²) in [6.45, 7) is 4.33.